The van der Waals surface area contributed by atoms with Crippen molar-refractivity contribution in [2.75, 3.05) is 6.54 Å². The second-order valence-electron chi connectivity index (χ2n) is 6.43. The van der Waals surface area contributed by atoms with Crippen LogP contribution in [0.3, 0.4) is 0 Å². The monoisotopic (exact) mass is 365 g/mol. The van der Waals surface area contributed by atoms with Crippen molar-refractivity contribution in [3.05, 3.63) is 71.4 Å². The second-order valence-corrected chi connectivity index (χ2v) is 6.43. The normalized spacial score (nSPS) is 12.0. The fourth-order valence-electron chi connectivity index (χ4n) is 2.87. The van der Waals surface area contributed by atoms with E-state index in [0.29, 0.717) is 30.4 Å². The van der Waals surface area contributed by atoms with E-state index in [2.05, 4.69) is 10.1 Å². The number of nitrogens with zero attached hydrogens (tertiary/aromatic N) is 3. The number of aliphatic hydroxyl groups excluding tert-OH is 1. The Balaban J connectivity index is 1.77. The fraction of sp³-hybridized carbons (Fsp3) is 0.286. The average molecular weight is 365 g/mol. The Morgan fingerprint density at radius 3 is 2.52 bits per heavy atom. The summed E-state index contributed by atoms with van der Waals surface area (Å²) in [5, 5.41) is 13.6. The van der Waals surface area contributed by atoms with Gasteiger partial charge in [-0.2, -0.15) is 4.98 Å². The number of aliphatic hydroxyl groups is 1. The van der Waals surface area contributed by atoms with Crippen molar-refractivity contribution >= 4 is 5.91 Å². The van der Waals surface area contributed by atoms with Gasteiger partial charge in [0, 0.05) is 19.0 Å². The molecule has 6 nitrogen and oxygen atoms in total. The van der Waals surface area contributed by atoms with Crippen LogP contribution < -0.4 is 0 Å². The molecule has 0 unspecified atom stereocenters. The van der Waals surface area contributed by atoms with Gasteiger partial charge in [-0.05, 0) is 48.7 Å². The molecule has 27 heavy (non-hydrogen) atoms. The second kappa shape index (κ2) is 8.14. The Kier molecular flexibility index (Phi) is 5.66. The van der Waals surface area contributed by atoms with Crippen LogP contribution in [0.25, 0.3) is 11.1 Å². The van der Waals surface area contributed by atoms with Crippen molar-refractivity contribution in [3.8, 4) is 11.1 Å². The zero-order valence-electron chi connectivity index (χ0n) is 15.7. The van der Waals surface area contributed by atoms with E-state index in [0.717, 1.165) is 16.7 Å². The number of hydrogen-bond donors (Lipinski definition) is 1. The lowest BCUT2D eigenvalue weighted by Gasteiger charge is -2.19. The van der Waals surface area contributed by atoms with Crippen LogP contribution in [0.15, 0.2) is 53.1 Å². The number of amides is 1. The van der Waals surface area contributed by atoms with Gasteiger partial charge in [-0.25, -0.2) is 0 Å². The van der Waals surface area contributed by atoms with Gasteiger partial charge in [0.15, 0.2) is 5.82 Å². The van der Waals surface area contributed by atoms with E-state index in [1.807, 2.05) is 55.5 Å². The third-order valence-corrected chi connectivity index (χ3v) is 4.41. The van der Waals surface area contributed by atoms with E-state index >= 15 is 0 Å². The predicted octanol–water partition coefficient (Wildman–Crippen LogP) is 3.76. The van der Waals surface area contributed by atoms with Gasteiger partial charge in [0.25, 0.3) is 5.91 Å². The molecule has 0 fully saturated rings. The van der Waals surface area contributed by atoms with Crippen LogP contribution in [0.5, 0.6) is 0 Å². The van der Waals surface area contributed by atoms with E-state index in [9.17, 15) is 9.90 Å². The van der Waals surface area contributed by atoms with Crippen molar-refractivity contribution in [1.29, 1.82) is 0 Å². The summed E-state index contributed by atoms with van der Waals surface area (Å²) in [4.78, 5) is 18.6. The summed E-state index contributed by atoms with van der Waals surface area (Å²) in [7, 11) is 0. The lowest BCUT2D eigenvalue weighted by atomic mass is 10.00. The first kappa shape index (κ1) is 18.8. The number of benzene rings is 2. The van der Waals surface area contributed by atoms with Gasteiger partial charge >= 0.3 is 0 Å². The van der Waals surface area contributed by atoms with E-state index in [1.54, 1.807) is 18.7 Å². The molecule has 1 N–H and O–H groups in total. The maximum absolute atomic E-state index is 12.8. The fourth-order valence-corrected chi connectivity index (χ4v) is 2.87. The quantitative estimate of drug-likeness (QED) is 0.719. The van der Waals surface area contributed by atoms with E-state index in [-0.39, 0.29) is 5.91 Å². The van der Waals surface area contributed by atoms with Crippen molar-refractivity contribution < 1.29 is 14.4 Å². The highest BCUT2D eigenvalue weighted by Crippen LogP contribution is 2.24. The van der Waals surface area contributed by atoms with Gasteiger partial charge in [-0.3, -0.25) is 4.79 Å². The van der Waals surface area contributed by atoms with Crippen LogP contribution >= 0.6 is 0 Å². The van der Waals surface area contributed by atoms with Crippen LogP contribution in [0.2, 0.25) is 0 Å². The van der Waals surface area contributed by atoms with Gasteiger partial charge in [0.1, 0.15) is 0 Å². The smallest absolute Gasteiger partial charge is 0.254 e. The molecule has 0 aliphatic heterocycles. The van der Waals surface area contributed by atoms with Gasteiger partial charge in [0.05, 0.1) is 12.6 Å². The maximum atomic E-state index is 12.8. The van der Waals surface area contributed by atoms with Gasteiger partial charge in [-0.1, -0.05) is 35.5 Å². The first-order valence-corrected chi connectivity index (χ1v) is 8.95. The molecule has 6 heteroatoms. The number of aromatic nitrogens is 2. The molecule has 140 valence electrons. The molecule has 1 atom stereocenters. The predicted molar refractivity (Wildman–Crippen MR) is 102 cm³/mol. The molecule has 0 radical (unpaired) electrons. The summed E-state index contributed by atoms with van der Waals surface area (Å²) in [5.41, 5.74) is 3.46. The zero-order valence-corrected chi connectivity index (χ0v) is 15.7. The van der Waals surface area contributed by atoms with Crippen molar-refractivity contribution in [2.45, 2.75) is 33.4 Å². The van der Waals surface area contributed by atoms with Crippen LogP contribution in [-0.4, -0.2) is 32.6 Å². The molecule has 0 saturated carbocycles. The number of hydrogen-bond acceptors (Lipinski definition) is 5. The summed E-state index contributed by atoms with van der Waals surface area (Å²) in [6.45, 7) is 6.24. The summed E-state index contributed by atoms with van der Waals surface area (Å²) in [5.74, 6) is 0.899. The van der Waals surface area contributed by atoms with Crippen LogP contribution in [0.4, 0.5) is 0 Å². The lowest BCUT2D eigenvalue weighted by Crippen LogP contribution is -2.30. The third kappa shape index (κ3) is 4.41. The number of rotatable bonds is 6. The highest BCUT2D eigenvalue weighted by Gasteiger charge is 2.17. The van der Waals surface area contributed by atoms with Gasteiger partial charge in [0.2, 0.25) is 5.89 Å². The van der Waals surface area contributed by atoms with E-state index in [1.165, 1.54) is 0 Å². The van der Waals surface area contributed by atoms with Gasteiger partial charge in [-0.15, -0.1) is 0 Å². The largest absolute Gasteiger partial charge is 0.389 e. The Morgan fingerprint density at radius 2 is 1.93 bits per heavy atom. The Bertz CT molecular complexity index is 916. The number of carbonyl (C=O) groups excluding carboxylic acids is 1. The third-order valence-electron chi connectivity index (χ3n) is 4.41. The van der Waals surface area contributed by atoms with Crippen LogP contribution in [0.1, 0.15) is 47.6 Å². The van der Waals surface area contributed by atoms with E-state index < -0.39 is 6.10 Å². The number of carbonyl (C=O) groups is 1. The standard InChI is InChI=1S/C21H23N3O3/c1-4-24(13-20-22-15(3)27-23-20)21(26)17-10-8-16(9-11-17)19-7-5-6-18(12-19)14(2)25/h5-12,14,25H,4,13H2,1-3H3/t14-/m0/s1. The minimum absolute atomic E-state index is 0.0794. The average Bonchev–Trinajstić information content (AvgIpc) is 3.10. The maximum Gasteiger partial charge on any atom is 0.254 e. The molecule has 0 spiro atoms. The van der Waals surface area contributed by atoms with Gasteiger partial charge < -0.3 is 14.5 Å². The molecule has 0 saturated heterocycles. The van der Waals surface area contributed by atoms with E-state index in [4.69, 9.17) is 4.52 Å². The first-order valence-electron chi connectivity index (χ1n) is 8.95. The zero-order chi connectivity index (χ0) is 19.4. The molecule has 0 aliphatic carbocycles. The molecule has 1 amide bonds. The first-order chi connectivity index (χ1) is 13.0. The highest BCUT2D eigenvalue weighted by atomic mass is 16.5. The Labute approximate surface area is 158 Å². The van der Waals surface area contributed by atoms with Crippen molar-refractivity contribution in [3.63, 3.8) is 0 Å². The Morgan fingerprint density at radius 1 is 1.19 bits per heavy atom. The van der Waals surface area contributed by atoms with Crippen molar-refractivity contribution in [1.82, 2.24) is 15.0 Å². The molecular weight excluding hydrogens is 342 g/mol. The molecular formula is C21H23N3O3. The molecule has 1 heterocycles. The minimum atomic E-state index is -0.516. The molecule has 0 bridgehead atoms. The summed E-state index contributed by atoms with van der Waals surface area (Å²) in [6.07, 6.45) is -0.516. The van der Waals surface area contributed by atoms with Crippen LogP contribution in [0, 0.1) is 6.92 Å². The number of aryl methyl sites for hydroxylation is 1. The lowest BCUT2D eigenvalue weighted by molar-refractivity contribution is 0.0747. The molecule has 3 aromatic rings. The minimum Gasteiger partial charge on any atom is -0.389 e. The topological polar surface area (TPSA) is 79.5 Å². The summed E-state index contributed by atoms with van der Waals surface area (Å²) in [6, 6.07) is 15.2. The molecule has 2 aromatic carbocycles. The Hall–Kier alpha value is -2.99. The van der Waals surface area contributed by atoms with Crippen molar-refractivity contribution in [2.24, 2.45) is 0 Å². The summed E-state index contributed by atoms with van der Waals surface area (Å²) < 4.78 is 4.97. The summed E-state index contributed by atoms with van der Waals surface area (Å²) >= 11 is 0. The molecule has 1 aromatic heterocycles. The molecule has 3 rings (SSSR count). The SMILES string of the molecule is CCN(Cc1noc(C)n1)C(=O)c1ccc(-c2cccc([C@H](C)O)c2)cc1. The molecule has 0 aliphatic rings. The van der Waals surface area contributed by atoms with Crippen LogP contribution in [-0.2, 0) is 6.54 Å². The highest BCUT2D eigenvalue weighted by molar-refractivity contribution is 5.94.